The minimum Gasteiger partial charge on any atom is -0.545 e. The van der Waals surface area contributed by atoms with Gasteiger partial charge >= 0.3 is 0 Å². The molecule has 1 heterocycles. The summed E-state index contributed by atoms with van der Waals surface area (Å²) >= 11 is 5.86. The fourth-order valence-corrected chi connectivity index (χ4v) is 2.43. The van der Waals surface area contributed by atoms with Gasteiger partial charge in [0.25, 0.3) is 0 Å². The lowest BCUT2D eigenvalue weighted by atomic mass is 10.1. The fourth-order valence-electron chi connectivity index (χ4n) is 2.31. The summed E-state index contributed by atoms with van der Waals surface area (Å²) in [5.74, 6) is -0.133. The van der Waals surface area contributed by atoms with E-state index < -0.39 is 5.97 Å². The van der Waals surface area contributed by atoms with Crippen LogP contribution in [-0.4, -0.2) is 5.97 Å². The number of allylic oxidation sites excluding steroid dienone is 1. The van der Waals surface area contributed by atoms with Gasteiger partial charge in [-0.25, -0.2) is 0 Å². The molecule has 4 nitrogen and oxygen atoms in total. The number of carboxylic acid groups (broad SMARTS) is 1. The molecule has 5 heteroatoms. The van der Waals surface area contributed by atoms with Gasteiger partial charge in [-0.05, 0) is 41.5 Å². The molecular formula is C20H11ClNO3-. The third kappa shape index (κ3) is 3.79. The van der Waals surface area contributed by atoms with Crippen LogP contribution in [0.5, 0.6) is 0 Å². The molecule has 0 saturated carbocycles. The molecule has 122 valence electrons. The van der Waals surface area contributed by atoms with Gasteiger partial charge in [-0.15, -0.1) is 0 Å². The first kappa shape index (κ1) is 16.6. The molecule has 0 saturated heterocycles. The molecule has 3 aromatic rings. The van der Waals surface area contributed by atoms with E-state index in [9.17, 15) is 15.2 Å². The van der Waals surface area contributed by atoms with E-state index in [0.717, 1.165) is 11.1 Å². The molecule has 0 aliphatic heterocycles. The number of carbonyl (C=O) groups excluding carboxylic acids is 1. The first-order valence-electron chi connectivity index (χ1n) is 7.36. The Morgan fingerprint density at radius 3 is 2.24 bits per heavy atom. The lowest BCUT2D eigenvalue weighted by Gasteiger charge is -2.02. The Labute approximate surface area is 149 Å². The third-order valence-corrected chi connectivity index (χ3v) is 3.85. The summed E-state index contributed by atoms with van der Waals surface area (Å²) in [6.45, 7) is 0. The molecule has 0 aliphatic rings. The molecule has 0 N–H and O–H groups in total. The highest BCUT2D eigenvalue weighted by Crippen LogP contribution is 2.26. The van der Waals surface area contributed by atoms with Crippen LogP contribution in [-0.2, 0) is 0 Å². The van der Waals surface area contributed by atoms with E-state index in [0.29, 0.717) is 22.1 Å². The molecule has 1 aromatic heterocycles. The summed E-state index contributed by atoms with van der Waals surface area (Å²) in [5.41, 5.74) is 2.02. The predicted molar refractivity (Wildman–Crippen MR) is 93.4 cm³/mol. The molecule has 0 aliphatic carbocycles. The number of halogens is 1. The minimum absolute atomic E-state index is 0.102. The smallest absolute Gasteiger partial charge is 0.134 e. The lowest BCUT2D eigenvalue weighted by Crippen LogP contribution is -2.21. The fraction of sp³-hybridized carbons (Fsp3) is 0. The van der Waals surface area contributed by atoms with Gasteiger partial charge in [-0.2, -0.15) is 5.26 Å². The summed E-state index contributed by atoms with van der Waals surface area (Å²) in [6.07, 6.45) is 1.64. The Balaban J connectivity index is 1.88. The van der Waals surface area contributed by atoms with Crippen molar-refractivity contribution in [2.45, 2.75) is 0 Å². The number of nitriles is 1. The van der Waals surface area contributed by atoms with Gasteiger partial charge in [0.1, 0.15) is 11.5 Å². The van der Waals surface area contributed by atoms with Gasteiger partial charge in [-0.1, -0.05) is 48.0 Å². The number of carboxylic acids is 1. The number of nitrogens with zero attached hydrogens (tertiary/aromatic N) is 1. The Kier molecular flexibility index (Phi) is 4.69. The number of furan rings is 1. The minimum atomic E-state index is -1.23. The van der Waals surface area contributed by atoms with Crippen molar-refractivity contribution >= 4 is 29.2 Å². The van der Waals surface area contributed by atoms with Crippen LogP contribution in [0.1, 0.15) is 21.7 Å². The summed E-state index contributed by atoms with van der Waals surface area (Å²) < 4.78 is 5.73. The Morgan fingerprint density at radius 2 is 1.64 bits per heavy atom. The van der Waals surface area contributed by atoms with Gasteiger partial charge in [0.2, 0.25) is 0 Å². The maximum absolute atomic E-state index is 10.8. The quantitative estimate of drug-likeness (QED) is 0.667. The van der Waals surface area contributed by atoms with Crippen LogP contribution >= 0.6 is 11.6 Å². The van der Waals surface area contributed by atoms with Gasteiger partial charge < -0.3 is 14.3 Å². The van der Waals surface area contributed by atoms with E-state index in [4.69, 9.17) is 16.0 Å². The molecule has 0 fully saturated rings. The molecule has 0 bridgehead atoms. The van der Waals surface area contributed by atoms with Gasteiger partial charge in [0.15, 0.2) is 0 Å². The Bertz CT molecular complexity index is 977. The molecule has 0 spiro atoms. The maximum Gasteiger partial charge on any atom is 0.134 e. The second-order valence-corrected chi connectivity index (χ2v) is 5.68. The van der Waals surface area contributed by atoms with E-state index in [1.165, 1.54) is 12.1 Å². The van der Waals surface area contributed by atoms with Crippen LogP contribution in [0, 0.1) is 11.3 Å². The highest BCUT2D eigenvalue weighted by atomic mass is 35.5. The van der Waals surface area contributed by atoms with Crippen LogP contribution in [0.3, 0.4) is 0 Å². The zero-order chi connectivity index (χ0) is 17.8. The van der Waals surface area contributed by atoms with Gasteiger partial charge in [-0.3, -0.25) is 0 Å². The predicted octanol–water partition coefficient (Wildman–Crippen LogP) is 4.03. The van der Waals surface area contributed by atoms with E-state index >= 15 is 0 Å². The van der Waals surface area contributed by atoms with Crippen molar-refractivity contribution in [1.29, 1.82) is 5.26 Å². The zero-order valence-corrected chi connectivity index (χ0v) is 13.7. The molecule has 3 rings (SSSR count). The van der Waals surface area contributed by atoms with Crippen LogP contribution in [0.4, 0.5) is 0 Å². The van der Waals surface area contributed by atoms with E-state index in [-0.39, 0.29) is 5.56 Å². The number of carbonyl (C=O) groups is 1. The number of aromatic carboxylic acids is 1. The molecule has 0 atom stereocenters. The number of hydrogen-bond acceptors (Lipinski definition) is 4. The third-order valence-electron chi connectivity index (χ3n) is 3.59. The Hall–Kier alpha value is -3.29. The van der Waals surface area contributed by atoms with Crippen LogP contribution in [0.2, 0.25) is 5.02 Å². The van der Waals surface area contributed by atoms with Crippen LogP contribution in [0.25, 0.3) is 23.0 Å². The monoisotopic (exact) mass is 348 g/mol. The molecular weight excluding hydrogens is 338 g/mol. The van der Waals surface area contributed by atoms with Crippen molar-refractivity contribution in [2.75, 3.05) is 0 Å². The average Bonchev–Trinajstić information content (AvgIpc) is 3.09. The molecule has 25 heavy (non-hydrogen) atoms. The molecule has 0 amide bonds. The number of rotatable bonds is 4. The lowest BCUT2D eigenvalue weighted by molar-refractivity contribution is -0.255. The number of benzene rings is 2. The highest BCUT2D eigenvalue weighted by Gasteiger charge is 2.07. The van der Waals surface area contributed by atoms with Crippen LogP contribution in [0.15, 0.2) is 65.1 Å². The zero-order valence-electron chi connectivity index (χ0n) is 12.9. The van der Waals surface area contributed by atoms with Crippen molar-refractivity contribution < 1.29 is 14.3 Å². The second kappa shape index (κ2) is 7.08. The van der Waals surface area contributed by atoms with E-state index in [2.05, 4.69) is 6.07 Å². The summed E-state index contributed by atoms with van der Waals surface area (Å²) in [7, 11) is 0. The number of hydrogen-bond donors (Lipinski definition) is 0. The van der Waals surface area contributed by atoms with Crippen LogP contribution < -0.4 is 5.11 Å². The first-order valence-corrected chi connectivity index (χ1v) is 7.74. The van der Waals surface area contributed by atoms with Gasteiger partial charge in [0.05, 0.1) is 17.6 Å². The first-order chi connectivity index (χ1) is 12.1. The van der Waals surface area contributed by atoms with Crippen molar-refractivity contribution in [3.63, 3.8) is 0 Å². The van der Waals surface area contributed by atoms with Gasteiger partial charge in [0, 0.05) is 10.6 Å². The molecule has 0 radical (unpaired) electrons. The SMILES string of the molecule is N#C/C(=C/c1ccc(-c2ccc(C(=O)[O-])cc2)o1)c1ccc(Cl)cc1. The highest BCUT2D eigenvalue weighted by molar-refractivity contribution is 6.30. The normalized spacial score (nSPS) is 11.1. The molecule has 2 aromatic carbocycles. The second-order valence-electron chi connectivity index (χ2n) is 5.24. The van der Waals surface area contributed by atoms with Crippen molar-refractivity contribution in [3.05, 3.63) is 82.6 Å². The van der Waals surface area contributed by atoms with E-state index in [1.54, 1.807) is 54.6 Å². The largest absolute Gasteiger partial charge is 0.545 e. The molecule has 0 unspecified atom stereocenters. The topological polar surface area (TPSA) is 77.1 Å². The summed E-state index contributed by atoms with van der Waals surface area (Å²) in [4.78, 5) is 10.8. The Morgan fingerprint density at radius 1 is 1.00 bits per heavy atom. The van der Waals surface area contributed by atoms with Crippen molar-refractivity contribution in [1.82, 2.24) is 0 Å². The summed E-state index contributed by atoms with van der Waals surface area (Å²) in [6, 6.07) is 18.8. The van der Waals surface area contributed by atoms with E-state index in [1.807, 2.05) is 0 Å². The summed E-state index contributed by atoms with van der Waals surface area (Å²) in [5, 5.41) is 20.7. The van der Waals surface area contributed by atoms with Crippen molar-refractivity contribution in [2.24, 2.45) is 0 Å². The standard InChI is InChI=1S/C20H12ClNO3/c21-17-7-5-13(6-8-17)16(12-22)11-18-9-10-19(25-18)14-1-3-15(4-2-14)20(23)24/h1-11H,(H,23,24)/p-1/b16-11-. The maximum atomic E-state index is 10.8. The average molecular weight is 349 g/mol. The van der Waals surface area contributed by atoms with Crippen molar-refractivity contribution in [3.8, 4) is 17.4 Å².